The zero-order valence-corrected chi connectivity index (χ0v) is 18.2. The number of nitrogens with zero attached hydrogens (tertiary/aromatic N) is 2. The number of carbonyl (C=O) groups is 1. The highest BCUT2D eigenvalue weighted by molar-refractivity contribution is 7.98. The molecule has 2 aromatic rings. The third-order valence-electron chi connectivity index (χ3n) is 5.12. The van der Waals surface area contributed by atoms with Crippen LogP contribution >= 0.6 is 11.8 Å². The van der Waals surface area contributed by atoms with Gasteiger partial charge in [-0.15, -0.1) is 0 Å². The fourth-order valence-electron chi connectivity index (χ4n) is 3.37. The predicted octanol–water partition coefficient (Wildman–Crippen LogP) is 3.18. The van der Waals surface area contributed by atoms with Crippen molar-refractivity contribution in [3.8, 4) is 5.75 Å². The Morgan fingerprint density at radius 1 is 1.10 bits per heavy atom. The van der Waals surface area contributed by atoms with E-state index in [9.17, 15) is 4.79 Å². The van der Waals surface area contributed by atoms with Crippen molar-refractivity contribution in [3.63, 3.8) is 0 Å². The average Bonchev–Trinajstić information content (AvgIpc) is 2.75. The van der Waals surface area contributed by atoms with Crippen molar-refractivity contribution in [2.45, 2.75) is 12.7 Å². The number of anilines is 1. The Balaban J connectivity index is 1.30. The number of methoxy groups -OCH3 is 1. The second kappa shape index (κ2) is 11.1. The van der Waals surface area contributed by atoms with Crippen LogP contribution in [-0.4, -0.2) is 62.9 Å². The lowest BCUT2D eigenvalue weighted by Crippen LogP contribution is -2.49. The Hall–Kier alpha value is -2.18. The second-order valence-electron chi connectivity index (χ2n) is 7.35. The molecular weight excluding hydrogens is 382 g/mol. The quantitative estimate of drug-likeness (QED) is 0.640. The lowest BCUT2D eigenvalue weighted by molar-refractivity contribution is -0.122. The van der Waals surface area contributed by atoms with Gasteiger partial charge < -0.3 is 15.0 Å². The number of hydrogen-bond donors (Lipinski definition) is 1. The maximum absolute atomic E-state index is 12.2. The molecule has 0 bridgehead atoms. The molecule has 5 nitrogen and oxygen atoms in total. The predicted molar refractivity (Wildman–Crippen MR) is 122 cm³/mol. The highest BCUT2D eigenvalue weighted by atomic mass is 32.2. The van der Waals surface area contributed by atoms with Crippen molar-refractivity contribution < 1.29 is 9.53 Å². The van der Waals surface area contributed by atoms with E-state index in [0.717, 1.165) is 50.0 Å². The molecule has 1 N–H and O–H groups in total. The number of amides is 1. The number of rotatable bonds is 9. The summed E-state index contributed by atoms with van der Waals surface area (Å²) in [7, 11) is 1.69. The Morgan fingerprint density at radius 2 is 1.86 bits per heavy atom. The summed E-state index contributed by atoms with van der Waals surface area (Å²) in [5, 5.41) is 3.05. The monoisotopic (exact) mass is 413 g/mol. The number of nitrogens with one attached hydrogen (secondary N) is 1. The number of carbonyl (C=O) groups excluding carboxylic acids is 1. The minimum Gasteiger partial charge on any atom is -0.497 e. The van der Waals surface area contributed by atoms with Gasteiger partial charge >= 0.3 is 0 Å². The van der Waals surface area contributed by atoms with Gasteiger partial charge in [-0.3, -0.25) is 9.69 Å². The summed E-state index contributed by atoms with van der Waals surface area (Å²) < 4.78 is 5.31. The zero-order chi connectivity index (χ0) is 20.5. The minimum absolute atomic E-state index is 0.121. The number of ether oxygens (including phenoxy) is 1. The van der Waals surface area contributed by atoms with Gasteiger partial charge in [0.2, 0.25) is 5.91 Å². The van der Waals surface area contributed by atoms with Crippen LogP contribution in [0.15, 0.2) is 48.5 Å². The van der Waals surface area contributed by atoms with Gasteiger partial charge in [-0.05, 0) is 24.6 Å². The molecule has 1 amide bonds. The summed E-state index contributed by atoms with van der Waals surface area (Å²) in [4.78, 5) is 16.8. The first-order valence-electron chi connectivity index (χ1n) is 10.2. The van der Waals surface area contributed by atoms with Crippen LogP contribution in [0.3, 0.4) is 0 Å². The van der Waals surface area contributed by atoms with Gasteiger partial charge in [0.25, 0.3) is 0 Å². The van der Waals surface area contributed by atoms with Gasteiger partial charge in [-0.2, -0.15) is 11.8 Å². The van der Waals surface area contributed by atoms with E-state index in [-0.39, 0.29) is 5.91 Å². The van der Waals surface area contributed by atoms with Gasteiger partial charge in [0.05, 0.1) is 13.7 Å². The normalized spacial score (nSPS) is 14.6. The fraction of sp³-hybridized carbons (Fsp3) is 0.435. The molecule has 0 aliphatic carbocycles. The van der Waals surface area contributed by atoms with Crippen molar-refractivity contribution in [2.75, 3.05) is 57.0 Å². The summed E-state index contributed by atoms with van der Waals surface area (Å²) in [5.74, 6) is 2.92. The van der Waals surface area contributed by atoms with Gasteiger partial charge in [-0.1, -0.05) is 35.9 Å². The summed E-state index contributed by atoms with van der Waals surface area (Å²) in [6.07, 6.45) is 0. The summed E-state index contributed by atoms with van der Waals surface area (Å²) in [6, 6.07) is 16.8. The molecule has 3 rings (SSSR count). The van der Waals surface area contributed by atoms with Crippen molar-refractivity contribution in [2.24, 2.45) is 0 Å². The van der Waals surface area contributed by atoms with E-state index < -0.39 is 0 Å². The van der Waals surface area contributed by atoms with Gasteiger partial charge in [-0.25, -0.2) is 0 Å². The standard InChI is InChI=1S/C23H31N3O2S/c1-19-6-8-20(9-7-19)18-29-15-10-24-23(27)17-25-11-13-26(14-12-25)21-4-3-5-22(16-21)28-2/h3-9,16H,10-15,17-18H2,1-2H3,(H,24,27). The van der Waals surface area contributed by atoms with Crippen LogP contribution in [0.25, 0.3) is 0 Å². The maximum Gasteiger partial charge on any atom is 0.234 e. The van der Waals surface area contributed by atoms with E-state index in [1.54, 1.807) is 7.11 Å². The van der Waals surface area contributed by atoms with Crippen LogP contribution in [-0.2, 0) is 10.5 Å². The molecule has 29 heavy (non-hydrogen) atoms. The molecule has 156 valence electrons. The van der Waals surface area contributed by atoms with E-state index in [4.69, 9.17) is 4.74 Å². The van der Waals surface area contributed by atoms with Crippen molar-refractivity contribution in [1.29, 1.82) is 0 Å². The third kappa shape index (κ3) is 6.98. The minimum atomic E-state index is 0.121. The van der Waals surface area contributed by atoms with Crippen LogP contribution in [0.1, 0.15) is 11.1 Å². The molecule has 1 aliphatic rings. The van der Waals surface area contributed by atoms with Crippen LogP contribution in [0.2, 0.25) is 0 Å². The summed E-state index contributed by atoms with van der Waals surface area (Å²) >= 11 is 1.86. The van der Waals surface area contributed by atoms with Crippen LogP contribution in [0.5, 0.6) is 5.75 Å². The first-order chi connectivity index (χ1) is 14.1. The lowest BCUT2D eigenvalue weighted by atomic mass is 10.2. The molecule has 2 aromatic carbocycles. The average molecular weight is 414 g/mol. The number of hydrogen-bond acceptors (Lipinski definition) is 5. The molecular formula is C23H31N3O2S. The number of piperazine rings is 1. The van der Waals surface area contributed by atoms with Crippen molar-refractivity contribution >= 4 is 23.4 Å². The smallest absolute Gasteiger partial charge is 0.234 e. The highest BCUT2D eigenvalue weighted by Crippen LogP contribution is 2.22. The first kappa shape index (κ1) is 21.5. The molecule has 0 spiro atoms. The van der Waals surface area contributed by atoms with Crippen molar-refractivity contribution in [1.82, 2.24) is 10.2 Å². The lowest BCUT2D eigenvalue weighted by Gasteiger charge is -2.35. The van der Waals surface area contributed by atoms with E-state index in [1.807, 2.05) is 23.9 Å². The van der Waals surface area contributed by atoms with Crippen LogP contribution in [0, 0.1) is 6.92 Å². The number of thioether (sulfide) groups is 1. The van der Waals surface area contributed by atoms with Crippen LogP contribution in [0.4, 0.5) is 5.69 Å². The topological polar surface area (TPSA) is 44.8 Å². The Labute approximate surface area is 178 Å². The molecule has 1 fully saturated rings. The Kier molecular flexibility index (Phi) is 8.25. The first-order valence-corrected chi connectivity index (χ1v) is 11.3. The molecule has 0 unspecified atom stereocenters. The molecule has 0 radical (unpaired) electrons. The molecule has 1 aliphatic heterocycles. The highest BCUT2D eigenvalue weighted by Gasteiger charge is 2.19. The zero-order valence-electron chi connectivity index (χ0n) is 17.4. The summed E-state index contributed by atoms with van der Waals surface area (Å²) in [5.41, 5.74) is 3.80. The van der Waals surface area contributed by atoms with E-state index in [0.29, 0.717) is 6.54 Å². The molecule has 0 atom stereocenters. The van der Waals surface area contributed by atoms with Gasteiger partial charge in [0.15, 0.2) is 0 Å². The molecule has 6 heteroatoms. The summed E-state index contributed by atoms with van der Waals surface area (Å²) in [6.45, 7) is 6.94. The number of benzene rings is 2. The molecule has 0 aromatic heterocycles. The van der Waals surface area contributed by atoms with E-state index in [1.165, 1.54) is 16.8 Å². The Bertz CT molecular complexity index is 774. The van der Waals surface area contributed by atoms with Gasteiger partial charge in [0.1, 0.15) is 5.75 Å². The van der Waals surface area contributed by atoms with Crippen molar-refractivity contribution in [3.05, 3.63) is 59.7 Å². The van der Waals surface area contributed by atoms with Crippen LogP contribution < -0.4 is 15.0 Å². The largest absolute Gasteiger partial charge is 0.497 e. The Morgan fingerprint density at radius 3 is 2.59 bits per heavy atom. The molecule has 0 saturated carbocycles. The van der Waals surface area contributed by atoms with E-state index >= 15 is 0 Å². The third-order valence-corrected chi connectivity index (χ3v) is 6.15. The molecule has 1 saturated heterocycles. The number of aryl methyl sites for hydroxylation is 1. The maximum atomic E-state index is 12.2. The molecule has 1 heterocycles. The second-order valence-corrected chi connectivity index (χ2v) is 8.46. The van der Waals surface area contributed by atoms with E-state index in [2.05, 4.69) is 58.4 Å². The fourth-order valence-corrected chi connectivity index (χ4v) is 4.19. The SMILES string of the molecule is COc1cccc(N2CCN(CC(=O)NCCSCc3ccc(C)cc3)CC2)c1. The van der Waals surface area contributed by atoms with Gasteiger partial charge in [0, 0.05) is 56.0 Å².